The zero-order chi connectivity index (χ0) is 16.7. The van der Waals surface area contributed by atoms with E-state index in [1.807, 2.05) is 41.2 Å². The van der Waals surface area contributed by atoms with Crippen LogP contribution in [-0.4, -0.2) is 28.3 Å². The third-order valence-corrected chi connectivity index (χ3v) is 4.29. The highest BCUT2D eigenvalue weighted by Gasteiger charge is 2.13. The predicted molar refractivity (Wildman–Crippen MR) is 92.3 cm³/mol. The molecular weight excluding hydrogens is 312 g/mol. The van der Waals surface area contributed by atoms with Gasteiger partial charge in [0, 0.05) is 43.0 Å². The van der Waals surface area contributed by atoms with Crippen LogP contribution >= 0.6 is 11.6 Å². The van der Waals surface area contributed by atoms with Gasteiger partial charge in [0.2, 0.25) is 5.91 Å². The summed E-state index contributed by atoms with van der Waals surface area (Å²) in [5.41, 5.74) is 0.927. The molecule has 0 fully saturated rings. The maximum atomic E-state index is 11.9. The fourth-order valence-corrected chi connectivity index (χ4v) is 2.46. The smallest absolute Gasteiger partial charge is 0.221 e. The number of carbonyl (C=O) groups excluding carboxylic acids is 1. The van der Waals surface area contributed by atoms with Gasteiger partial charge in [0.05, 0.1) is 6.04 Å². The van der Waals surface area contributed by atoms with Crippen molar-refractivity contribution >= 4 is 17.5 Å². The van der Waals surface area contributed by atoms with Crippen molar-refractivity contribution in [1.29, 1.82) is 0 Å². The van der Waals surface area contributed by atoms with E-state index in [2.05, 4.69) is 29.6 Å². The van der Waals surface area contributed by atoms with Gasteiger partial charge in [0.15, 0.2) is 0 Å². The highest BCUT2D eigenvalue weighted by Crippen LogP contribution is 2.14. The number of halogens is 1. The van der Waals surface area contributed by atoms with Crippen LogP contribution in [0.5, 0.6) is 0 Å². The lowest BCUT2D eigenvalue weighted by Crippen LogP contribution is -2.36. The number of nitrogens with one attached hydrogen (secondary N) is 2. The van der Waals surface area contributed by atoms with Gasteiger partial charge in [-0.15, -0.1) is 0 Å². The Morgan fingerprint density at radius 2 is 2.09 bits per heavy atom. The number of rotatable bonds is 8. The van der Waals surface area contributed by atoms with Crippen LogP contribution in [-0.2, 0) is 11.3 Å². The third-order valence-electron chi connectivity index (χ3n) is 3.92. The number of aromatic nitrogens is 2. The highest BCUT2D eigenvalue weighted by atomic mass is 35.5. The van der Waals surface area contributed by atoms with Crippen LogP contribution in [0.1, 0.15) is 31.9 Å². The van der Waals surface area contributed by atoms with Gasteiger partial charge in [-0.25, -0.2) is 0 Å². The molecule has 0 aliphatic rings. The second kappa shape index (κ2) is 8.70. The van der Waals surface area contributed by atoms with Crippen molar-refractivity contribution < 1.29 is 4.79 Å². The molecule has 0 radical (unpaired) electrons. The van der Waals surface area contributed by atoms with E-state index in [0.29, 0.717) is 24.5 Å². The molecular formula is C17H23ClN4O. The third kappa shape index (κ3) is 5.37. The Labute approximate surface area is 142 Å². The molecule has 2 atom stereocenters. The summed E-state index contributed by atoms with van der Waals surface area (Å²) in [5, 5.41) is 11.2. The molecule has 124 valence electrons. The Morgan fingerprint density at radius 3 is 2.78 bits per heavy atom. The molecule has 2 aromatic rings. The molecule has 2 N–H and O–H groups in total. The molecule has 0 unspecified atom stereocenters. The van der Waals surface area contributed by atoms with E-state index in [0.717, 1.165) is 5.56 Å². The molecule has 1 aromatic heterocycles. The van der Waals surface area contributed by atoms with Crippen LogP contribution in [0.3, 0.4) is 0 Å². The standard InChI is InChI=1S/C17H23ClN4O/c1-13(14(2)22-11-5-9-21-22)19-10-8-17(23)20-12-15-6-3-4-7-16(15)18/h3-7,9,11,13-14,19H,8,10,12H2,1-2H3,(H,20,23)/t13-,14-/m0/s1. The molecule has 0 saturated carbocycles. The summed E-state index contributed by atoms with van der Waals surface area (Å²) in [5.74, 6) is 0.0105. The Hall–Kier alpha value is -1.85. The molecule has 0 aliphatic carbocycles. The first kappa shape index (κ1) is 17.5. The fraction of sp³-hybridized carbons (Fsp3) is 0.412. The maximum absolute atomic E-state index is 11.9. The molecule has 23 heavy (non-hydrogen) atoms. The number of hydrogen-bond donors (Lipinski definition) is 2. The zero-order valence-corrected chi connectivity index (χ0v) is 14.3. The second-order valence-corrected chi connectivity index (χ2v) is 5.99. The first-order valence-electron chi connectivity index (χ1n) is 7.80. The SMILES string of the molecule is C[C@H](NCCC(=O)NCc1ccccc1Cl)[C@H](C)n1cccn1. The van der Waals surface area contributed by atoms with Crippen LogP contribution in [0, 0.1) is 0 Å². The van der Waals surface area contributed by atoms with E-state index in [1.165, 1.54) is 0 Å². The van der Waals surface area contributed by atoms with Crippen LogP contribution < -0.4 is 10.6 Å². The lowest BCUT2D eigenvalue weighted by Gasteiger charge is -2.21. The average Bonchev–Trinajstić information content (AvgIpc) is 3.07. The second-order valence-electron chi connectivity index (χ2n) is 5.59. The Balaban J connectivity index is 1.67. The molecule has 0 saturated heterocycles. The monoisotopic (exact) mass is 334 g/mol. The van der Waals surface area contributed by atoms with Crippen LogP contribution in [0.4, 0.5) is 0 Å². The molecule has 1 amide bonds. The highest BCUT2D eigenvalue weighted by molar-refractivity contribution is 6.31. The summed E-state index contributed by atoms with van der Waals surface area (Å²) in [6.07, 6.45) is 4.14. The number of carbonyl (C=O) groups is 1. The van der Waals surface area contributed by atoms with Crippen molar-refractivity contribution in [2.24, 2.45) is 0 Å². The normalized spacial score (nSPS) is 13.5. The van der Waals surface area contributed by atoms with Crippen LogP contribution in [0.2, 0.25) is 5.02 Å². The van der Waals surface area contributed by atoms with Gasteiger partial charge in [-0.1, -0.05) is 29.8 Å². The molecule has 2 rings (SSSR count). The predicted octanol–water partition coefficient (Wildman–Crippen LogP) is 2.78. The lowest BCUT2D eigenvalue weighted by molar-refractivity contribution is -0.121. The maximum Gasteiger partial charge on any atom is 0.221 e. The Kier molecular flexibility index (Phi) is 6.62. The van der Waals surface area contributed by atoms with E-state index < -0.39 is 0 Å². The summed E-state index contributed by atoms with van der Waals surface area (Å²) in [6, 6.07) is 9.89. The van der Waals surface area contributed by atoms with Crippen molar-refractivity contribution in [3.05, 3.63) is 53.3 Å². The largest absolute Gasteiger partial charge is 0.352 e. The molecule has 0 bridgehead atoms. The summed E-state index contributed by atoms with van der Waals surface area (Å²) < 4.78 is 1.91. The number of nitrogens with zero attached hydrogens (tertiary/aromatic N) is 2. The Bertz CT molecular complexity index is 615. The van der Waals surface area contributed by atoms with E-state index >= 15 is 0 Å². The van der Waals surface area contributed by atoms with Gasteiger partial charge in [-0.3, -0.25) is 9.48 Å². The van der Waals surface area contributed by atoms with Crippen molar-refractivity contribution in [2.75, 3.05) is 6.54 Å². The van der Waals surface area contributed by atoms with E-state index in [9.17, 15) is 4.79 Å². The van der Waals surface area contributed by atoms with Crippen LogP contribution in [0.25, 0.3) is 0 Å². The lowest BCUT2D eigenvalue weighted by atomic mass is 10.1. The number of benzene rings is 1. The summed E-state index contributed by atoms with van der Waals surface area (Å²) in [6.45, 7) is 5.27. The molecule has 1 aromatic carbocycles. The topological polar surface area (TPSA) is 59.0 Å². The number of amides is 1. The van der Waals surface area contributed by atoms with Gasteiger partial charge in [0.25, 0.3) is 0 Å². The minimum absolute atomic E-state index is 0.0105. The summed E-state index contributed by atoms with van der Waals surface area (Å²) in [7, 11) is 0. The van der Waals surface area contributed by atoms with Crippen molar-refractivity contribution in [3.8, 4) is 0 Å². The van der Waals surface area contributed by atoms with E-state index in [-0.39, 0.29) is 18.0 Å². The zero-order valence-electron chi connectivity index (χ0n) is 13.5. The van der Waals surface area contributed by atoms with Gasteiger partial charge in [-0.2, -0.15) is 5.10 Å². The number of hydrogen-bond acceptors (Lipinski definition) is 3. The van der Waals surface area contributed by atoms with Gasteiger partial charge >= 0.3 is 0 Å². The van der Waals surface area contributed by atoms with E-state index in [4.69, 9.17) is 11.6 Å². The van der Waals surface area contributed by atoms with E-state index in [1.54, 1.807) is 6.20 Å². The molecule has 6 heteroatoms. The van der Waals surface area contributed by atoms with Crippen molar-refractivity contribution in [2.45, 2.75) is 38.9 Å². The van der Waals surface area contributed by atoms with Crippen LogP contribution in [0.15, 0.2) is 42.7 Å². The molecule has 0 spiro atoms. The minimum Gasteiger partial charge on any atom is -0.352 e. The Morgan fingerprint density at radius 1 is 1.30 bits per heavy atom. The summed E-state index contributed by atoms with van der Waals surface area (Å²) in [4.78, 5) is 11.9. The minimum atomic E-state index is 0.0105. The molecule has 5 nitrogen and oxygen atoms in total. The van der Waals surface area contributed by atoms with Gasteiger partial charge < -0.3 is 10.6 Å². The molecule has 1 heterocycles. The van der Waals surface area contributed by atoms with Gasteiger partial charge in [-0.05, 0) is 31.5 Å². The molecule has 0 aliphatic heterocycles. The van der Waals surface area contributed by atoms with Crippen molar-refractivity contribution in [3.63, 3.8) is 0 Å². The average molecular weight is 335 g/mol. The quantitative estimate of drug-likeness (QED) is 0.780. The first-order chi connectivity index (χ1) is 11.1. The van der Waals surface area contributed by atoms with Crippen molar-refractivity contribution in [1.82, 2.24) is 20.4 Å². The summed E-state index contributed by atoms with van der Waals surface area (Å²) >= 11 is 6.07. The van der Waals surface area contributed by atoms with Gasteiger partial charge in [0.1, 0.15) is 0 Å². The fourth-order valence-electron chi connectivity index (χ4n) is 2.26. The first-order valence-corrected chi connectivity index (χ1v) is 8.18.